The van der Waals surface area contributed by atoms with Crippen molar-refractivity contribution in [1.29, 1.82) is 0 Å². The Bertz CT molecular complexity index is 1380. The van der Waals surface area contributed by atoms with Crippen molar-refractivity contribution in [3.8, 4) is 11.3 Å². The molecule has 2 N–H and O–H groups in total. The van der Waals surface area contributed by atoms with Gasteiger partial charge in [-0.2, -0.15) is 0 Å². The number of furan rings is 1. The van der Waals surface area contributed by atoms with E-state index in [2.05, 4.69) is 47.2 Å². The third-order valence-corrected chi connectivity index (χ3v) is 6.49. The molecule has 1 saturated heterocycles. The molecule has 0 amide bonds. The third-order valence-electron chi connectivity index (χ3n) is 6.18. The van der Waals surface area contributed by atoms with E-state index >= 15 is 0 Å². The van der Waals surface area contributed by atoms with E-state index in [1.807, 2.05) is 36.4 Å². The monoisotopic (exact) mass is 469 g/mol. The molecule has 3 heterocycles. The summed E-state index contributed by atoms with van der Waals surface area (Å²) < 4.78 is 6.33. The second-order valence-electron chi connectivity index (χ2n) is 8.35. The van der Waals surface area contributed by atoms with Crippen molar-refractivity contribution in [2.45, 2.75) is 25.9 Å². The Morgan fingerprint density at radius 3 is 2.62 bits per heavy atom. The number of aromatic nitrogens is 1. The Morgan fingerprint density at radius 1 is 1.03 bits per heavy atom. The summed E-state index contributed by atoms with van der Waals surface area (Å²) in [5.41, 5.74) is 5.11. The second-order valence-corrected chi connectivity index (χ2v) is 8.74. The van der Waals surface area contributed by atoms with E-state index in [4.69, 9.17) is 16.6 Å². The van der Waals surface area contributed by atoms with Crippen molar-refractivity contribution in [3.63, 3.8) is 0 Å². The van der Waals surface area contributed by atoms with Crippen LogP contribution in [0.25, 0.3) is 11.3 Å². The highest BCUT2D eigenvalue weighted by atomic mass is 32.1. The van der Waals surface area contributed by atoms with Crippen LogP contribution in [-0.2, 0) is 0 Å². The van der Waals surface area contributed by atoms with Gasteiger partial charge in [0.1, 0.15) is 17.6 Å². The number of rotatable bonds is 5. The van der Waals surface area contributed by atoms with Crippen LogP contribution in [0.1, 0.15) is 45.0 Å². The highest BCUT2D eigenvalue weighted by molar-refractivity contribution is 7.80. The normalized spacial score (nSPS) is 17.6. The first kappa shape index (κ1) is 21.9. The fourth-order valence-corrected chi connectivity index (χ4v) is 4.62. The maximum atomic E-state index is 11.4. The lowest BCUT2D eigenvalue weighted by Crippen LogP contribution is -2.29. The van der Waals surface area contributed by atoms with Crippen LogP contribution in [0, 0.1) is 13.8 Å². The zero-order valence-corrected chi connectivity index (χ0v) is 19.5. The zero-order chi connectivity index (χ0) is 23.8. The summed E-state index contributed by atoms with van der Waals surface area (Å²) in [5.74, 6) is 0.322. The van der Waals surface area contributed by atoms with Crippen molar-refractivity contribution < 1.29 is 14.3 Å². The maximum absolute atomic E-state index is 11.4. The number of carboxylic acid groups (broad SMARTS) is 1. The van der Waals surface area contributed by atoms with Gasteiger partial charge in [-0.1, -0.05) is 24.3 Å². The van der Waals surface area contributed by atoms with E-state index < -0.39 is 5.97 Å². The summed E-state index contributed by atoms with van der Waals surface area (Å²) in [6.07, 6.45) is 1.76. The molecule has 0 aliphatic carbocycles. The molecule has 34 heavy (non-hydrogen) atoms. The lowest BCUT2D eigenvalue weighted by atomic mass is 10.0. The fourth-order valence-electron chi connectivity index (χ4n) is 4.27. The maximum Gasteiger partial charge on any atom is 0.335 e. The molecule has 0 unspecified atom stereocenters. The van der Waals surface area contributed by atoms with Gasteiger partial charge in [-0.15, -0.1) is 0 Å². The minimum atomic E-state index is -0.977. The molecule has 1 aliphatic rings. The lowest BCUT2D eigenvalue weighted by Gasteiger charge is -2.26. The number of pyridine rings is 1. The number of aryl methyl sites for hydroxylation is 2. The van der Waals surface area contributed by atoms with Gasteiger partial charge in [-0.3, -0.25) is 4.98 Å². The number of aromatic carboxylic acids is 1. The predicted molar refractivity (Wildman–Crippen MR) is 135 cm³/mol. The van der Waals surface area contributed by atoms with Gasteiger partial charge >= 0.3 is 5.97 Å². The molecule has 7 heteroatoms. The summed E-state index contributed by atoms with van der Waals surface area (Å²) in [6.45, 7) is 4.16. The smallest absolute Gasteiger partial charge is 0.335 e. The zero-order valence-electron chi connectivity index (χ0n) is 18.7. The number of thiocarbonyl (C=S) groups is 1. The molecule has 5 rings (SSSR count). The van der Waals surface area contributed by atoms with Gasteiger partial charge in [0.25, 0.3) is 0 Å². The number of anilines is 1. The summed E-state index contributed by atoms with van der Waals surface area (Å²) in [7, 11) is 0. The molecule has 1 fully saturated rings. The van der Waals surface area contributed by atoms with E-state index in [1.165, 1.54) is 11.1 Å². The molecule has 0 spiro atoms. The minimum absolute atomic E-state index is 0.210. The fraction of sp³-hybridized carbons (Fsp3) is 0.148. The molecule has 0 radical (unpaired) electrons. The van der Waals surface area contributed by atoms with Crippen molar-refractivity contribution in [3.05, 3.63) is 107 Å². The Balaban J connectivity index is 1.60. The van der Waals surface area contributed by atoms with Crippen LogP contribution >= 0.6 is 12.2 Å². The first-order valence-corrected chi connectivity index (χ1v) is 11.3. The molecule has 2 atom stereocenters. The van der Waals surface area contributed by atoms with Gasteiger partial charge in [0.2, 0.25) is 0 Å². The SMILES string of the molecule is Cc1ccc(N2C(=S)N[C@@H](c3ccccn3)[C@@H]2c2ccc(-c3cccc(C(=O)O)c3)o2)cc1C. The van der Waals surface area contributed by atoms with Crippen LogP contribution in [0.15, 0.2) is 83.4 Å². The van der Waals surface area contributed by atoms with E-state index in [-0.39, 0.29) is 17.6 Å². The first-order chi connectivity index (χ1) is 16.4. The Labute approximate surface area is 202 Å². The predicted octanol–water partition coefficient (Wildman–Crippen LogP) is 5.83. The van der Waals surface area contributed by atoms with Crippen LogP contribution in [-0.4, -0.2) is 21.2 Å². The Morgan fingerprint density at radius 2 is 1.88 bits per heavy atom. The second kappa shape index (κ2) is 8.76. The van der Waals surface area contributed by atoms with E-state index in [9.17, 15) is 9.90 Å². The molecule has 1 aliphatic heterocycles. The molecular weight excluding hydrogens is 446 g/mol. The number of carboxylic acids is 1. The highest BCUT2D eigenvalue weighted by Gasteiger charge is 2.42. The molecular formula is C27H23N3O3S. The highest BCUT2D eigenvalue weighted by Crippen LogP contribution is 2.43. The van der Waals surface area contributed by atoms with Crippen molar-refractivity contribution >= 4 is 29.0 Å². The van der Waals surface area contributed by atoms with Gasteiger partial charge in [0, 0.05) is 17.4 Å². The van der Waals surface area contributed by atoms with Gasteiger partial charge in [0.05, 0.1) is 17.3 Å². The standard InChI is InChI=1S/C27H23N3O3S/c1-16-9-10-20(14-17(16)2)30-25(24(29-27(30)34)21-8-3-4-13-28-21)23-12-11-22(33-23)18-6-5-7-19(15-18)26(31)32/h3-15,24-25H,1-2H3,(H,29,34)(H,31,32)/t24-,25-/m0/s1. The van der Waals surface area contributed by atoms with Crippen LogP contribution in [0.4, 0.5) is 5.69 Å². The van der Waals surface area contributed by atoms with Gasteiger partial charge < -0.3 is 19.7 Å². The number of nitrogens with one attached hydrogen (secondary N) is 1. The molecule has 0 saturated carbocycles. The number of hydrogen-bond acceptors (Lipinski definition) is 4. The van der Waals surface area contributed by atoms with E-state index in [1.54, 1.807) is 24.4 Å². The molecule has 170 valence electrons. The largest absolute Gasteiger partial charge is 0.478 e. The van der Waals surface area contributed by atoms with Crippen molar-refractivity contribution in [2.24, 2.45) is 0 Å². The molecule has 2 aromatic heterocycles. The molecule has 2 aromatic carbocycles. The van der Waals surface area contributed by atoms with Crippen LogP contribution in [0.3, 0.4) is 0 Å². The van der Waals surface area contributed by atoms with Crippen LogP contribution in [0.5, 0.6) is 0 Å². The average molecular weight is 470 g/mol. The van der Waals surface area contributed by atoms with Gasteiger partial charge in [-0.05, 0) is 85.7 Å². The molecule has 0 bridgehead atoms. The summed E-state index contributed by atoms with van der Waals surface area (Å²) >= 11 is 5.78. The van der Waals surface area contributed by atoms with Gasteiger partial charge in [-0.25, -0.2) is 4.79 Å². The quantitative estimate of drug-likeness (QED) is 0.356. The number of benzene rings is 2. The lowest BCUT2D eigenvalue weighted by molar-refractivity contribution is 0.0697. The van der Waals surface area contributed by atoms with E-state index in [0.717, 1.165) is 11.4 Å². The average Bonchev–Trinajstić information content (AvgIpc) is 3.46. The summed E-state index contributed by atoms with van der Waals surface area (Å²) in [5, 5.41) is 13.4. The topological polar surface area (TPSA) is 78.6 Å². The third kappa shape index (κ3) is 3.95. The Kier molecular flexibility index (Phi) is 5.63. The van der Waals surface area contributed by atoms with Crippen molar-refractivity contribution in [1.82, 2.24) is 10.3 Å². The van der Waals surface area contributed by atoms with E-state index in [0.29, 0.717) is 22.2 Å². The minimum Gasteiger partial charge on any atom is -0.478 e. The summed E-state index contributed by atoms with van der Waals surface area (Å²) in [6, 6.07) is 22.1. The molecule has 4 aromatic rings. The number of carbonyl (C=O) groups is 1. The van der Waals surface area contributed by atoms with Crippen LogP contribution < -0.4 is 10.2 Å². The Hall–Kier alpha value is -3.97. The number of nitrogens with zero attached hydrogens (tertiary/aromatic N) is 2. The number of hydrogen-bond donors (Lipinski definition) is 2. The van der Waals surface area contributed by atoms with Crippen LogP contribution in [0.2, 0.25) is 0 Å². The summed E-state index contributed by atoms with van der Waals surface area (Å²) in [4.78, 5) is 18.1. The molecule has 6 nitrogen and oxygen atoms in total. The first-order valence-electron chi connectivity index (χ1n) is 10.9. The van der Waals surface area contributed by atoms with Gasteiger partial charge in [0.15, 0.2) is 5.11 Å². The van der Waals surface area contributed by atoms with Crippen molar-refractivity contribution in [2.75, 3.05) is 4.90 Å².